The molecule has 0 aromatic heterocycles. The quantitative estimate of drug-likeness (QED) is 0.0212. The lowest BCUT2D eigenvalue weighted by atomic mass is 10.1. The van der Waals surface area contributed by atoms with Gasteiger partial charge in [-0.15, -0.1) is 0 Å². The van der Waals surface area contributed by atoms with Gasteiger partial charge in [0.25, 0.3) is 23.6 Å². The van der Waals surface area contributed by atoms with Gasteiger partial charge in [0.1, 0.15) is 11.5 Å². The predicted molar refractivity (Wildman–Crippen MR) is 288 cm³/mol. The molecule has 17 nitrogen and oxygen atoms in total. The van der Waals surface area contributed by atoms with Crippen LogP contribution in [0.4, 0.5) is 178 Å². The van der Waals surface area contributed by atoms with Crippen molar-refractivity contribution in [2.75, 3.05) is 36.2 Å². The van der Waals surface area contributed by atoms with Gasteiger partial charge in [-0.3, -0.25) is 19.2 Å². The van der Waals surface area contributed by atoms with Crippen LogP contribution >= 0.6 is 0 Å². The Morgan fingerprint density at radius 3 is 0.652 bits per heavy atom. The minimum atomic E-state index is -7.66. The molecule has 0 atom stereocenters. The van der Waals surface area contributed by atoms with Crippen molar-refractivity contribution in [3.63, 3.8) is 0 Å². The first-order chi connectivity index (χ1) is 52.3. The van der Waals surface area contributed by atoms with E-state index < -0.39 is 284 Å². The molecule has 0 radical (unpaired) electrons. The van der Waals surface area contributed by atoms with Crippen LogP contribution in [0, 0.1) is 81.4 Å². The molecule has 0 N–H and O–H groups in total. The molecule has 0 bridgehead atoms. The van der Waals surface area contributed by atoms with Gasteiger partial charge in [-0.1, -0.05) is 25.3 Å². The van der Waals surface area contributed by atoms with E-state index in [1.807, 2.05) is 0 Å². The van der Waals surface area contributed by atoms with E-state index >= 15 is 26.3 Å². The zero-order valence-corrected chi connectivity index (χ0v) is 53.4. The number of carbonyl (C=O) groups is 4. The third-order valence-electron chi connectivity index (χ3n) is 14.1. The Balaban J connectivity index is 0.874. The largest absolute Gasteiger partial charge is 0.478 e. The highest BCUT2D eigenvalue weighted by Crippen LogP contribution is 2.53. The number of fused-ring (bicyclic) bond motifs is 2. The molecule has 115 heavy (non-hydrogen) atoms. The van der Waals surface area contributed by atoms with Gasteiger partial charge in [0.05, 0.1) is 44.8 Å². The summed E-state index contributed by atoms with van der Waals surface area (Å²) in [4.78, 5) is 52.7. The highest BCUT2D eigenvalue weighted by molar-refractivity contribution is 6.35. The Hall–Kier alpha value is -10.8. The van der Waals surface area contributed by atoms with Crippen molar-refractivity contribution in [2.45, 2.75) is 73.3 Å². The summed E-state index contributed by atoms with van der Waals surface area (Å²) in [5, 5.41) is 0. The molecular weight excluding hydrogens is 1710 g/mol. The number of nitrogens with zero attached hydrogens (tertiary/aromatic N) is 2. The highest BCUT2D eigenvalue weighted by Gasteiger charge is 2.76. The molecule has 6 aromatic rings. The molecule has 2 aliphatic heterocycles. The summed E-state index contributed by atoms with van der Waals surface area (Å²) in [6.45, 7) is -7.74. The van der Waals surface area contributed by atoms with Crippen molar-refractivity contribution in [1.29, 1.82) is 0 Å². The second-order valence-electron chi connectivity index (χ2n) is 21.9. The van der Waals surface area contributed by atoms with Crippen molar-refractivity contribution < 1.29 is 238 Å². The first-order valence-electron chi connectivity index (χ1n) is 28.6. The molecule has 0 saturated heterocycles. The maximum Gasteiger partial charge on any atom is 0.453 e. The number of amides is 4. The number of halogens is 38. The number of benzene rings is 6. The molecule has 6 aromatic carbocycles. The van der Waals surface area contributed by atoms with Crippen LogP contribution in [0.3, 0.4) is 0 Å². The average molecular weight is 1730 g/mol. The third-order valence-corrected chi connectivity index (χ3v) is 14.1. The number of imide groups is 2. The Morgan fingerprint density at radius 1 is 0.261 bits per heavy atom. The normalized spacial score (nSPS) is 14.5. The van der Waals surface area contributed by atoms with E-state index in [2.05, 4.69) is 51.1 Å². The number of hydrogen-bond acceptors (Lipinski definition) is 15. The molecule has 0 spiro atoms. The third kappa shape index (κ3) is 17.0. The van der Waals surface area contributed by atoms with Gasteiger partial charge in [0.15, 0.2) is 96.0 Å². The summed E-state index contributed by atoms with van der Waals surface area (Å²) in [6, 6.07) is 5.43. The van der Waals surface area contributed by atoms with E-state index in [9.17, 15) is 160 Å². The first kappa shape index (κ1) is 89.7. The summed E-state index contributed by atoms with van der Waals surface area (Å²) in [5.41, 5.74) is -12.8. The summed E-state index contributed by atoms with van der Waals surface area (Å²) < 4.78 is 580. The molecule has 0 saturated carbocycles. The smallest absolute Gasteiger partial charge is 0.453 e. The van der Waals surface area contributed by atoms with Crippen LogP contribution in [0.2, 0.25) is 0 Å². The van der Waals surface area contributed by atoms with Crippen molar-refractivity contribution in [3.8, 4) is 34.5 Å². The fourth-order valence-electron chi connectivity index (χ4n) is 9.06. The van der Waals surface area contributed by atoms with E-state index in [4.69, 9.17) is 4.74 Å². The molecular formula is C60H22F38N2O15. The lowest BCUT2D eigenvalue weighted by Gasteiger charge is -2.34. The van der Waals surface area contributed by atoms with E-state index in [0.29, 0.717) is 24.3 Å². The minimum Gasteiger partial charge on any atom is -0.478 e. The molecule has 2 aliphatic rings. The molecule has 628 valence electrons. The van der Waals surface area contributed by atoms with Gasteiger partial charge < -0.3 is 23.7 Å². The van der Waals surface area contributed by atoms with Crippen LogP contribution < -0.4 is 33.5 Å². The van der Waals surface area contributed by atoms with Crippen LogP contribution in [0.1, 0.15) is 52.6 Å². The molecule has 0 aliphatic carbocycles. The summed E-state index contributed by atoms with van der Waals surface area (Å²) >= 11 is 0. The lowest BCUT2D eigenvalue weighted by molar-refractivity contribution is -0.557. The van der Waals surface area contributed by atoms with E-state index in [1.165, 1.54) is 0 Å². The lowest BCUT2D eigenvalue weighted by Crippen LogP contribution is -2.58. The second-order valence-corrected chi connectivity index (χ2v) is 21.9. The summed E-state index contributed by atoms with van der Waals surface area (Å²) in [5.74, 6) is -57.3. The van der Waals surface area contributed by atoms with Gasteiger partial charge in [-0.05, 0) is 48.5 Å². The number of anilines is 2. The van der Waals surface area contributed by atoms with E-state index in [-0.39, 0.29) is 22.0 Å². The number of hydrogen-bond donors (Lipinski definition) is 0. The number of rotatable bonds is 34. The Bertz CT molecular complexity index is 4550. The first-order valence-corrected chi connectivity index (χ1v) is 28.6. The molecule has 2 heterocycles. The highest BCUT2D eigenvalue weighted by atomic mass is 19.4. The zero-order chi connectivity index (χ0) is 87.3. The SMILES string of the molecule is C=Cc1c(F)c(F)c(OCC(F)(F)OC(F)(F)C(F)(F)OC(F)(F)C(F)(F)OC(F)(F)COc2c(F)c(F)c3c(c2F)C(=O)N(c2ccc(Oc4ccc(N5C(=O)c6c(F)c(F)c(OCC(F)(F)OC(F)(F)C(F)(F)OC(F)(F)C(F)(F)OC(F)(F)COc7c(F)c(F)c(C=C)c(F)c7F)c(F)c6C5=O)cc4)cc2)C3=O)c(F)c1F. The van der Waals surface area contributed by atoms with E-state index in [0.717, 1.165) is 24.3 Å². The predicted octanol–water partition coefficient (Wildman–Crippen LogP) is 18.4. The standard InChI is InChI=1S/C60H22F38N2O15/c1-3-21-27(61)35(69)43(36(70)28(21)62)107-15-51(79,80)112-55(87,88)59(95,96)114-57(91,92)53(83,84)110-49(75,76)13-105-41-33(67)25-23(31(65)39(41)73)45(101)99(47(25)103)17-5-9-19(10-6-17)109-20-11-7-18(8-12-20)100-46(102)24-26(48(100)104)34(68)42(40(74)32(24)66)106-14-50(77,78)111-54(85,86)58(93,94)115-60(97,98)56(89,90)113-52(81,82)16-108-44-37(71)29(63)22(4-2)30(64)38(44)72/h3-12H,1-2,13-16H2. The van der Waals surface area contributed by atoms with Crippen molar-refractivity contribution in [2.24, 2.45) is 0 Å². The molecule has 0 fully saturated rings. The Kier molecular flexibility index (Phi) is 23.7. The monoisotopic (exact) mass is 1730 g/mol. The minimum absolute atomic E-state index is 0.0966. The Morgan fingerprint density at radius 2 is 0.443 bits per heavy atom. The van der Waals surface area contributed by atoms with Crippen molar-refractivity contribution in [1.82, 2.24) is 0 Å². The fourth-order valence-corrected chi connectivity index (χ4v) is 9.06. The van der Waals surface area contributed by atoms with Crippen LogP contribution in [0.5, 0.6) is 34.5 Å². The van der Waals surface area contributed by atoms with Crippen LogP contribution in [0.15, 0.2) is 61.7 Å². The van der Waals surface area contributed by atoms with Crippen LogP contribution in [-0.2, 0) is 28.4 Å². The molecule has 0 unspecified atom stereocenters. The van der Waals surface area contributed by atoms with Crippen molar-refractivity contribution >= 4 is 47.2 Å². The van der Waals surface area contributed by atoms with Gasteiger partial charge >= 0.3 is 73.3 Å². The maximum absolute atomic E-state index is 15.7. The van der Waals surface area contributed by atoms with Crippen LogP contribution in [-0.4, -0.2) is 123 Å². The number of ether oxygens (including phenoxy) is 11. The average Bonchev–Trinajstić information content (AvgIpc) is 1.72. The second kappa shape index (κ2) is 30.4. The summed E-state index contributed by atoms with van der Waals surface area (Å²) in [7, 11) is 0. The fraction of sp³-hybridized carbons (Fsp3) is 0.267. The van der Waals surface area contributed by atoms with Crippen LogP contribution in [0.25, 0.3) is 12.2 Å². The zero-order valence-electron chi connectivity index (χ0n) is 53.4. The van der Waals surface area contributed by atoms with Crippen molar-refractivity contribution in [3.05, 3.63) is 177 Å². The number of alkyl halides is 24. The maximum atomic E-state index is 15.7. The van der Waals surface area contributed by atoms with Gasteiger partial charge in [-0.25, -0.2) is 73.3 Å². The molecule has 8 rings (SSSR count). The van der Waals surface area contributed by atoms with E-state index in [1.54, 1.807) is 9.47 Å². The van der Waals surface area contributed by atoms with Gasteiger partial charge in [0, 0.05) is 0 Å². The summed E-state index contributed by atoms with van der Waals surface area (Å²) in [6.07, 6.45) is -85.5. The Labute approximate surface area is 605 Å². The van der Waals surface area contributed by atoms with Gasteiger partial charge in [0.2, 0.25) is 34.9 Å². The topological polar surface area (TPSA) is 176 Å². The molecule has 55 heteroatoms. The number of carbonyl (C=O) groups excluding carboxylic acids is 4. The molecule has 4 amide bonds. The van der Waals surface area contributed by atoms with Gasteiger partial charge in [-0.2, -0.15) is 132 Å².